The van der Waals surface area contributed by atoms with Crippen molar-refractivity contribution in [1.82, 2.24) is 24.9 Å². The van der Waals surface area contributed by atoms with Crippen LogP contribution in [0.3, 0.4) is 0 Å². The Kier molecular flexibility index (Phi) is 6.15. The summed E-state index contributed by atoms with van der Waals surface area (Å²) in [5.41, 5.74) is 4.43. The number of likely N-dealkylation sites (tertiary alicyclic amines) is 1. The van der Waals surface area contributed by atoms with Gasteiger partial charge in [0.1, 0.15) is 0 Å². The lowest BCUT2D eigenvalue weighted by Crippen LogP contribution is -2.46. The van der Waals surface area contributed by atoms with Crippen molar-refractivity contribution >= 4 is 17.7 Å². The zero-order valence-electron chi connectivity index (χ0n) is 20.0. The quantitative estimate of drug-likeness (QED) is 0.735. The Morgan fingerprint density at radius 3 is 2.71 bits per heavy atom. The van der Waals surface area contributed by atoms with Crippen molar-refractivity contribution in [3.8, 4) is 0 Å². The van der Waals surface area contributed by atoms with E-state index in [9.17, 15) is 14.4 Å². The van der Waals surface area contributed by atoms with E-state index in [4.69, 9.17) is 0 Å². The van der Waals surface area contributed by atoms with E-state index < -0.39 is 0 Å². The number of aryl methyl sites for hydroxylation is 2. The molecule has 1 aromatic heterocycles. The number of benzene rings is 1. The number of carbonyl (C=O) groups is 3. The van der Waals surface area contributed by atoms with E-state index in [0.717, 1.165) is 48.1 Å². The maximum absolute atomic E-state index is 13.5. The Labute approximate surface area is 200 Å². The van der Waals surface area contributed by atoms with Crippen molar-refractivity contribution < 1.29 is 14.4 Å². The fourth-order valence-electron chi connectivity index (χ4n) is 5.16. The van der Waals surface area contributed by atoms with Crippen LogP contribution < -0.4 is 5.32 Å². The monoisotopic (exact) mass is 463 g/mol. The Hall–Kier alpha value is -3.16. The van der Waals surface area contributed by atoms with Crippen molar-refractivity contribution in [3.63, 3.8) is 0 Å². The van der Waals surface area contributed by atoms with Crippen molar-refractivity contribution in [1.29, 1.82) is 0 Å². The highest BCUT2D eigenvalue weighted by Crippen LogP contribution is 2.27. The van der Waals surface area contributed by atoms with Crippen LogP contribution in [-0.4, -0.2) is 63.0 Å². The van der Waals surface area contributed by atoms with Gasteiger partial charge in [0.05, 0.1) is 12.3 Å². The predicted octanol–water partition coefficient (Wildman–Crippen LogP) is 1.99. The van der Waals surface area contributed by atoms with Crippen LogP contribution in [0, 0.1) is 12.8 Å². The highest BCUT2D eigenvalue weighted by atomic mass is 16.2. The van der Waals surface area contributed by atoms with E-state index in [2.05, 4.69) is 10.4 Å². The summed E-state index contributed by atoms with van der Waals surface area (Å²) in [6, 6.07) is 8.34. The number of nitrogens with one attached hydrogen (secondary N) is 1. The van der Waals surface area contributed by atoms with Gasteiger partial charge in [-0.1, -0.05) is 29.8 Å². The summed E-state index contributed by atoms with van der Waals surface area (Å²) in [7, 11) is 1.86. The molecule has 3 aliphatic rings. The first-order valence-electron chi connectivity index (χ1n) is 12.4. The molecule has 1 atom stereocenters. The molecule has 0 radical (unpaired) electrons. The van der Waals surface area contributed by atoms with Crippen molar-refractivity contribution in [2.45, 2.75) is 58.0 Å². The highest BCUT2D eigenvalue weighted by Gasteiger charge is 2.35. The topological polar surface area (TPSA) is 87.5 Å². The molecule has 8 heteroatoms. The summed E-state index contributed by atoms with van der Waals surface area (Å²) >= 11 is 0. The third-order valence-corrected chi connectivity index (χ3v) is 7.24. The molecule has 2 aromatic rings. The summed E-state index contributed by atoms with van der Waals surface area (Å²) in [4.78, 5) is 42.7. The van der Waals surface area contributed by atoms with Gasteiger partial charge in [0.25, 0.3) is 5.91 Å². The molecule has 2 aliphatic heterocycles. The van der Waals surface area contributed by atoms with E-state index in [-0.39, 0.29) is 23.6 Å². The number of carbonyl (C=O) groups excluding carboxylic acids is 3. The molecule has 1 N–H and O–H groups in total. The third-order valence-electron chi connectivity index (χ3n) is 7.24. The maximum atomic E-state index is 13.5. The minimum absolute atomic E-state index is 0.0632. The van der Waals surface area contributed by atoms with Gasteiger partial charge in [-0.15, -0.1) is 0 Å². The van der Waals surface area contributed by atoms with Gasteiger partial charge in [-0.3, -0.25) is 19.1 Å². The molecule has 1 aliphatic carbocycles. The average molecular weight is 464 g/mol. The summed E-state index contributed by atoms with van der Waals surface area (Å²) in [6.07, 6.45) is 4.76. The zero-order valence-corrected chi connectivity index (χ0v) is 20.0. The highest BCUT2D eigenvalue weighted by molar-refractivity contribution is 5.95. The molecule has 3 amide bonds. The van der Waals surface area contributed by atoms with Crippen LogP contribution in [0.4, 0.5) is 0 Å². The van der Waals surface area contributed by atoms with Crippen molar-refractivity contribution in [2.24, 2.45) is 13.0 Å². The lowest BCUT2D eigenvalue weighted by molar-refractivity contribution is -0.131. The van der Waals surface area contributed by atoms with Crippen LogP contribution in [0.5, 0.6) is 0 Å². The van der Waals surface area contributed by atoms with Crippen LogP contribution in [0.25, 0.3) is 0 Å². The first-order valence-corrected chi connectivity index (χ1v) is 12.4. The smallest absolute Gasteiger partial charge is 0.274 e. The Morgan fingerprint density at radius 1 is 1.12 bits per heavy atom. The first kappa shape index (κ1) is 22.6. The molecule has 0 spiro atoms. The van der Waals surface area contributed by atoms with Crippen LogP contribution >= 0.6 is 0 Å². The number of piperidine rings is 1. The molecule has 1 saturated heterocycles. The maximum Gasteiger partial charge on any atom is 0.274 e. The number of fused-ring (bicyclic) bond motifs is 1. The fraction of sp³-hybridized carbons (Fsp3) is 0.538. The molecule has 34 heavy (non-hydrogen) atoms. The summed E-state index contributed by atoms with van der Waals surface area (Å²) in [5, 5.41) is 7.65. The normalized spacial score (nSPS) is 20.1. The van der Waals surface area contributed by atoms with Crippen molar-refractivity contribution in [2.75, 3.05) is 19.6 Å². The third kappa shape index (κ3) is 4.72. The second-order valence-electron chi connectivity index (χ2n) is 10.0. The summed E-state index contributed by atoms with van der Waals surface area (Å²) in [6.45, 7) is 4.10. The van der Waals surface area contributed by atoms with Gasteiger partial charge in [-0.05, 0) is 38.2 Å². The minimum atomic E-state index is -0.162. The Bertz CT molecular complexity index is 1120. The second kappa shape index (κ2) is 9.24. The second-order valence-corrected chi connectivity index (χ2v) is 10.0. The molecular formula is C26H33N5O3. The van der Waals surface area contributed by atoms with Gasteiger partial charge in [-0.2, -0.15) is 5.10 Å². The first-order chi connectivity index (χ1) is 16.4. The van der Waals surface area contributed by atoms with Crippen LogP contribution in [-0.2, 0) is 36.0 Å². The minimum Gasteiger partial charge on any atom is -0.353 e. The van der Waals surface area contributed by atoms with E-state index >= 15 is 0 Å². The lowest BCUT2D eigenvalue weighted by Gasteiger charge is -2.32. The Balaban J connectivity index is 1.29. The molecular weight excluding hydrogens is 430 g/mol. The molecule has 3 heterocycles. The predicted molar refractivity (Wildman–Crippen MR) is 127 cm³/mol. The number of hydrogen-bond acceptors (Lipinski definition) is 4. The van der Waals surface area contributed by atoms with Crippen LogP contribution in [0.15, 0.2) is 24.3 Å². The molecule has 0 bridgehead atoms. The SMILES string of the molecule is Cc1cccc(CC(=O)N2CCc3c(c(C(=O)N4CCC[C@@H](C(=O)NC5CC5)C4)nn3C)C2)c1. The van der Waals surface area contributed by atoms with E-state index in [1.165, 1.54) is 0 Å². The lowest BCUT2D eigenvalue weighted by atomic mass is 9.96. The van der Waals surface area contributed by atoms with Gasteiger partial charge in [0, 0.05) is 56.9 Å². The van der Waals surface area contributed by atoms with E-state index in [0.29, 0.717) is 50.8 Å². The van der Waals surface area contributed by atoms with Gasteiger partial charge in [0.2, 0.25) is 11.8 Å². The molecule has 1 aromatic carbocycles. The zero-order chi connectivity index (χ0) is 23.8. The number of aromatic nitrogens is 2. The van der Waals surface area contributed by atoms with Gasteiger partial charge in [0.15, 0.2) is 5.69 Å². The molecule has 5 rings (SSSR count). The fourth-order valence-corrected chi connectivity index (χ4v) is 5.16. The molecule has 180 valence electrons. The summed E-state index contributed by atoms with van der Waals surface area (Å²) in [5.74, 6) is -0.164. The van der Waals surface area contributed by atoms with Crippen molar-refractivity contribution in [3.05, 3.63) is 52.3 Å². The number of nitrogens with zero attached hydrogens (tertiary/aromatic N) is 4. The molecule has 0 unspecified atom stereocenters. The van der Waals surface area contributed by atoms with Gasteiger partial charge >= 0.3 is 0 Å². The van der Waals surface area contributed by atoms with E-state index in [1.807, 2.05) is 43.1 Å². The molecule has 1 saturated carbocycles. The van der Waals surface area contributed by atoms with E-state index in [1.54, 1.807) is 9.58 Å². The van der Waals surface area contributed by atoms with Crippen LogP contribution in [0.2, 0.25) is 0 Å². The number of hydrogen-bond donors (Lipinski definition) is 1. The number of amides is 3. The average Bonchev–Trinajstić information content (AvgIpc) is 3.59. The molecule has 2 fully saturated rings. The largest absolute Gasteiger partial charge is 0.353 e. The number of rotatable bonds is 5. The van der Waals surface area contributed by atoms with Gasteiger partial charge < -0.3 is 15.1 Å². The molecule has 8 nitrogen and oxygen atoms in total. The van der Waals surface area contributed by atoms with Crippen LogP contribution in [0.1, 0.15) is 58.6 Å². The Morgan fingerprint density at radius 2 is 1.94 bits per heavy atom. The van der Waals surface area contributed by atoms with Gasteiger partial charge in [-0.25, -0.2) is 0 Å². The standard InChI is InChI=1S/C26H33N5O3/c1-17-5-3-6-18(13-17)14-23(32)30-12-10-22-21(16-30)24(28-29(22)2)26(34)31-11-4-7-19(15-31)25(33)27-20-8-9-20/h3,5-6,13,19-20H,4,7-12,14-16H2,1-2H3,(H,27,33)/t19-/m1/s1. The summed E-state index contributed by atoms with van der Waals surface area (Å²) < 4.78 is 1.78.